The van der Waals surface area contributed by atoms with Crippen LogP contribution >= 0.6 is 0 Å². The molecule has 1 saturated heterocycles. The number of hydrogen-bond acceptors (Lipinski definition) is 4. The normalized spacial score (nSPS) is 18.2. The predicted molar refractivity (Wildman–Crippen MR) is 58.3 cm³/mol. The third-order valence-electron chi connectivity index (χ3n) is 2.82. The third kappa shape index (κ3) is 3.28. The number of aromatic nitrogens is 3. The molecule has 0 atom stereocenters. The van der Waals surface area contributed by atoms with Crippen LogP contribution < -0.4 is 10.6 Å². The Labute approximate surface area is 90.3 Å². The first-order chi connectivity index (χ1) is 7.34. The molecule has 5 heteroatoms. The lowest BCUT2D eigenvalue weighted by molar-refractivity contribution is 0.355. The summed E-state index contributed by atoms with van der Waals surface area (Å²) in [5.41, 5.74) is 0. The summed E-state index contributed by atoms with van der Waals surface area (Å²) in [6, 6.07) is 0. The molecule has 2 rings (SSSR count). The van der Waals surface area contributed by atoms with Gasteiger partial charge < -0.3 is 10.6 Å². The molecule has 0 radical (unpaired) electrons. The van der Waals surface area contributed by atoms with E-state index in [0.29, 0.717) is 0 Å². The first-order valence-corrected chi connectivity index (χ1v) is 5.60. The predicted octanol–water partition coefficient (Wildman–Crippen LogP) is -0.0957. The molecule has 0 aliphatic carbocycles. The van der Waals surface area contributed by atoms with Crippen LogP contribution in [0.15, 0.2) is 6.33 Å². The molecule has 2 heterocycles. The maximum atomic E-state index is 4.22. The number of piperidine rings is 1. The highest BCUT2D eigenvalue weighted by molar-refractivity contribution is 4.80. The molecule has 1 aliphatic heterocycles. The van der Waals surface area contributed by atoms with Crippen molar-refractivity contribution in [1.82, 2.24) is 25.4 Å². The average molecular weight is 209 g/mol. The highest BCUT2D eigenvalue weighted by atomic mass is 15.3. The quantitative estimate of drug-likeness (QED) is 0.727. The van der Waals surface area contributed by atoms with Crippen molar-refractivity contribution < 1.29 is 0 Å². The van der Waals surface area contributed by atoms with Gasteiger partial charge in [-0.2, -0.15) is 5.10 Å². The SMILES string of the molecule is Cn1cnc(CNCC2CCNCC2)n1. The minimum absolute atomic E-state index is 0.783. The van der Waals surface area contributed by atoms with Crippen molar-refractivity contribution in [2.24, 2.45) is 13.0 Å². The van der Waals surface area contributed by atoms with Gasteiger partial charge in [-0.15, -0.1) is 0 Å². The monoisotopic (exact) mass is 209 g/mol. The van der Waals surface area contributed by atoms with Gasteiger partial charge in [0.05, 0.1) is 6.54 Å². The van der Waals surface area contributed by atoms with E-state index in [1.54, 1.807) is 11.0 Å². The molecule has 0 amide bonds. The maximum absolute atomic E-state index is 4.22. The Balaban J connectivity index is 1.65. The molecule has 0 spiro atoms. The molecule has 1 aliphatic rings. The fourth-order valence-corrected chi connectivity index (χ4v) is 1.94. The Bertz CT molecular complexity index is 290. The molecule has 0 unspecified atom stereocenters. The van der Waals surface area contributed by atoms with Gasteiger partial charge in [-0.25, -0.2) is 4.98 Å². The Morgan fingerprint density at radius 3 is 3.00 bits per heavy atom. The van der Waals surface area contributed by atoms with Gasteiger partial charge >= 0.3 is 0 Å². The molecule has 1 fully saturated rings. The molecular formula is C10H19N5. The van der Waals surface area contributed by atoms with Gasteiger partial charge in [0.15, 0.2) is 5.82 Å². The van der Waals surface area contributed by atoms with E-state index in [-0.39, 0.29) is 0 Å². The fraction of sp³-hybridized carbons (Fsp3) is 0.800. The molecule has 15 heavy (non-hydrogen) atoms. The van der Waals surface area contributed by atoms with E-state index in [9.17, 15) is 0 Å². The Kier molecular flexibility index (Phi) is 3.69. The maximum Gasteiger partial charge on any atom is 0.164 e. The highest BCUT2D eigenvalue weighted by Gasteiger charge is 2.12. The number of aryl methyl sites for hydroxylation is 1. The van der Waals surface area contributed by atoms with Gasteiger partial charge in [0.2, 0.25) is 0 Å². The standard InChI is InChI=1S/C10H19N5/c1-15-8-13-10(14-15)7-12-6-9-2-4-11-5-3-9/h8-9,11-12H,2-7H2,1H3. The zero-order valence-electron chi connectivity index (χ0n) is 9.24. The number of nitrogens with zero attached hydrogens (tertiary/aromatic N) is 3. The van der Waals surface area contributed by atoms with Crippen LogP contribution in [0.2, 0.25) is 0 Å². The van der Waals surface area contributed by atoms with Crippen LogP contribution in [0.25, 0.3) is 0 Å². The zero-order valence-corrected chi connectivity index (χ0v) is 9.24. The molecule has 1 aromatic heterocycles. The third-order valence-corrected chi connectivity index (χ3v) is 2.82. The molecular weight excluding hydrogens is 190 g/mol. The summed E-state index contributed by atoms with van der Waals surface area (Å²) in [6.07, 6.45) is 4.30. The second-order valence-electron chi connectivity index (χ2n) is 4.16. The molecule has 84 valence electrons. The van der Waals surface area contributed by atoms with Gasteiger partial charge in [0.25, 0.3) is 0 Å². The Morgan fingerprint density at radius 1 is 1.53 bits per heavy atom. The lowest BCUT2D eigenvalue weighted by Crippen LogP contribution is -2.33. The number of nitrogens with one attached hydrogen (secondary N) is 2. The minimum atomic E-state index is 0.783. The van der Waals surface area contributed by atoms with Crippen LogP contribution in [0.4, 0.5) is 0 Å². The van der Waals surface area contributed by atoms with Gasteiger partial charge in [-0.3, -0.25) is 4.68 Å². The van der Waals surface area contributed by atoms with Crippen LogP contribution in [0.1, 0.15) is 18.7 Å². The van der Waals surface area contributed by atoms with E-state index < -0.39 is 0 Å². The van der Waals surface area contributed by atoms with Crippen molar-refractivity contribution in [1.29, 1.82) is 0 Å². The first-order valence-electron chi connectivity index (χ1n) is 5.60. The topological polar surface area (TPSA) is 54.8 Å². The van der Waals surface area contributed by atoms with Crippen molar-refractivity contribution >= 4 is 0 Å². The summed E-state index contributed by atoms with van der Waals surface area (Å²) >= 11 is 0. The van der Waals surface area contributed by atoms with Crippen LogP contribution in [-0.4, -0.2) is 34.4 Å². The molecule has 0 bridgehead atoms. The van der Waals surface area contributed by atoms with E-state index in [1.807, 2.05) is 7.05 Å². The van der Waals surface area contributed by atoms with Gasteiger partial charge in [-0.1, -0.05) is 0 Å². The minimum Gasteiger partial charge on any atom is -0.317 e. The van der Waals surface area contributed by atoms with Crippen molar-refractivity contribution in [2.45, 2.75) is 19.4 Å². The molecule has 2 N–H and O–H groups in total. The summed E-state index contributed by atoms with van der Waals surface area (Å²) in [5.74, 6) is 1.70. The second-order valence-corrected chi connectivity index (χ2v) is 4.16. The van der Waals surface area contributed by atoms with E-state index in [2.05, 4.69) is 20.7 Å². The van der Waals surface area contributed by atoms with Crippen LogP contribution in [-0.2, 0) is 13.6 Å². The average Bonchev–Trinajstić information content (AvgIpc) is 2.66. The molecule has 0 saturated carbocycles. The van der Waals surface area contributed by atoms with E-state index in [1.165, 1.54) is 12.8 Å². The smallest absolute Gasteiger partial charge is 0.164 e. The van der Waals surface area contributed by atoms with Crippen molar-refractivity contribution in [3.63, 3.8) is 0 Å². The van der Waals surface area contributed by atoms with Crippen LogP contribution in [0, 0.1) is 5.92 Å². The summed E-state index contributed by atoms with van der Waals surface area (Å²) < 4.78 is 1.74. The van der Waals surface area contributed by atoms with Crippen molar-refractivity contribution in [2.75, 3.05) is 19.6 Å². The van der Waals surface area contributed by atoms with Gasteiger partial charge in [-0.05, 0) is 38.4 Å². The van der Waals surface area contributed by atoms with E-state index >= 15 is 0 Å². The fourth-order valence-electron chi connectivity index (χ4n) is 1.94. The molecule has 1 aromatic rings. The lowest BCUT2D eigenvalue weighted by atomic mass is 9.98. The largest absolute Gasteiger partial charge is 0.317 e. The van der Waals surface area contributed by atoms with E-state index in [4.69, 9.17) is 0 Å². The van der Waals surface area contributed by atoms with Crippen molar-refractivity contribution in [3.05, 3.63) is 12.2 Å². The van der Waals surface area contributed by atoms with Crippen molar-refractivity contribution in [3.8, 4) is 0 Å². The molecule has 0 aromatic carbocycles. The second kappa shape index (κ2) is 5.23. The number of hydrogen-bond donors (Lipinski definition) is 2. The summed E-state index contributed by atoms with van der Waals surface area (Å²) in [6.45, 7) is 4.19. The highest BCUT2D eigenvalue weighted by Crippen LogP contribution is 2.09. The van der Waals surface area contributed by atoms with Crippen LogP contribution in [0.5, 0.6) is 0 Å². The number of rotatable bonds is 4. The summed E-state index contributed by atoms with van der Waals surface area (Å²) in [5, 5.41) is 11.0. The zero-order chi connectivity index (χ0) is 10.5. The Hall–Kier alpha value is -0.940. The van der Waals surface area contributed by atoms with Crippen LogP contribution in [0.3, 0.4) is 0 Å². The van der Waals surface area contributed by atoms with Gasteiger partial charge in [0.1, 0.15) is 6.33 Å². The summed E-state index contributed by atoms with van der Waals surface area (Å²) in [7, 11) is 1.89. The van der Waals surface area contributed by atoms with E-state index in [0.717, 1.165) is 37.9 Å². The summed E-state index contributed by atoms with van der Waals surface area (Å²) in [4.78, 5) is 4.18. The molecule has 5 nitrogen and oxygen atoms in total. The Morgan fingerprint density at radius 2 is 2.33 bits per heavy atom. The lowest BCUT2D eigenvalue weighted by Gasteiger charge is -2.22. The first kappa shape index (κ1) is 10.6. The van der Waals surface area contributed by atoms with Gasteiger partial charge in [0, 0.05) is 7.05 Å².